The summed E-state index contributed by atoms with van der Waals surface area (Å²) in [6.07, 6.45) is -0.852. The normalized spacial score (nSPS) is 13.2. The summed E-state index contributed by atoms with van der Waals surface area (Å²) in [5, 5.41) is 9.93. The second-order valence-electron chi connectivity index (χ2n) is 5.10. The highest BCUT2D eigenvalue weighted by Crippen LogP contribution is 2.29. The largest absolute Gasteiger partial charge is 0.465 e. The third kappa shape index (κ3) is 4.81. The molecule has 0 aromatic heterocycles. The Balaban J connectivity index is 2.25. The van der Waals surface area contributed by atoms with E-state index in [9.17, 15) is 9.90 Å². The summed E-state index contributed by atoms with van der Waals surface area (Å²) in [5.74, 6) is 0.0971. The van der Waals surface area contributed by atoms with Gasteiger partial charge in [-0.15, -0.1) is 0 Å². The fraction of sp³-hybridized carbons (Fsp3) is 0.278. The summed E-state index contributed by atoms with van der Waals surface area (Å²) in [7, 11) is 0. The average molecular weight is 379 g/mol. The number of ether oxygens (including phenoxy) is 2. The molecule has 2 atom stereocenters. The van der Waals surface area contributed by atoms with Crippen molar-refractivity contribution < 1.29 is 19.4 Å². The Labute approximate surface area is 144 Å². The van der Waals surface area contributed by atoms with Gasteiger partial charge in [-0.3, -0.25) is 4.79 Å². The molecule has 2 unspecified atom stereocenters. The van der Waals surface area contributed by atoms with Gasteiger partial charge in [-0.25, -0.2) is 0 Å². The zero-order valence-electron chi connectivity index (χ0n) is 13.0. The Morgan fingerprint density at radius 2 is 1.83 bits per heavy atom. The van der Waals surface area contributed by atoms with Crippen LogP contribution in [0.3, 0.4) is 0 Å². The van der Waals surface area contributed by atoms with Crippen molar-refractivity contribution in [1.29, 1.82) is 0 Å². The molecule has 2 aromatic carbocycles. The number of esters is 1. The fourth-order valence-electron chi connectivity index (χ4n) is 2.28. The highest BCUT2D eigenvalue weighted by molar-refractivity contribution is 9.10. The van der Waals surface area contributed by atoms with Crippen molar-refractivity contribution in [3.05, 3.63) is 58.6 Å². The van der Waals surface area contributed by atoms with Crippen molar-refractivity contribution in [2.45, 2.75) is 25.9 Å². The van der Waals surface area contributed by atoms with Gasteiger partial charge in [-0.2, -0.15) is 0 Å². The number of hydrogen-bond donors (Lipinski definition) is 1. The minimum Gasteiger partial charge on any atom is -0.465 e. The molecule has 0 aliphatic heterocycles. The van der Waals surface area contributed by atoms with Crippen molar-refractivity contribution in [3.8, 4) is 11.5 Å². The minimum absolute atomic E-state index is 0.274. The van der Waals surface area contributed by atoms with E-state index in [4.69, 9.17) is 9.47 Å². The summed E-state index contributed by atoms with van der Waals surface area (Å²) in [6, 6.07) is 14.6. The number of rotatable bonds is 6. The summed E-state index contributed by atoms with van der Waals surface area (Å²) in [4.78, 5) is 12.1. The molecule has 5 heteroatoms. The van der Waals surface area contributed by atoms with E-state index in [0.29, 0.717) is 17.1 Å². The maximum atomic E-state index is 12.1. The van der Waals surface area contributed by atoms with Gasteiger partial charge in [0.05, 0.1) is 12.7 Å². The lowest BCUT2D eigenvalue weighted by Crippen LogP contribution is -2.25. The van der Waals surface area contributed by atoms with Gasteiger partial charge in [-0.1, -0.05) is 34.1 Å². The van der Waals surface area contributed by atoms with Crippen LogP contribution in [0.15, 0.2) is 53.0 Å². The van der Waals surface area contributed by atoms with Crippen LogP contribution in [0.5, 0.6) is 11.5 Å². The van der Waals surface area contributed by atoms with Crippen molar-refractivity contribution in [1.82, 2.24) is 0 Å². The second-order valence-corrected chi connectivity index (χ2v) is 6.02. The molecular formula is C18H19BrO4. The lowest BCUT2D eigenvalue weighted by atomic mass is 9.94. The van der Waals surface area contributed by atoms with Crippen LogP contribution in [0.1, 0.15) is 25.3 Å². The molecule has 0 spiro atoms. The van der Waals surface area contributed by atoms with Gasteiger partial charge in [0.1, 0.15) is 17.4 Å². The van der Waals surface area contributed by atoms with Crippen LogP contribution < -0.4 is 4.74 Å². The third-order valence-electron chi connectivity index (χ3n) is 3.27. The first-order chi connectivity index (χ1) is 11.0. The molecule has 122 valence electrons. The molecule has 0 aliphatic rings. The molecule has 0 saturated carbocycles. The molecule has 1 N–H and O–H groups in total. The number of aliphatic hydroxyl groups is 1. The van der Waals surface area contributed by atoms with Gasteiger partial charge in [-0.05, 0) is 49.7 Å². The van der Waals surface area contributed by atoms with Gasteiger partial charge in [0.15, 0.2) is 0 Å². The molecular weight excluding hydrogens is 360 g/mol. The Hall–Kier alpha value is -1.85. The van der Waals surface area contributed by atoms with E-state index in [1.165, 1.54) is 0 Å². The SMILES string of the molecule is CCOC(=O)C(c1cccc(Oc2cccc(Br)c2)c1)C(C)O. The van der Waals surface area contributed by atoms with Gasteiger partial charge in [0.2, 0.25) is 0 Å². The maximum Gasteiger partial charge on any atom is 0.316 e. The molecule has 0 bridgehead atoms. The van der Waals surface area contributed by atoms with Gasteiger partial charge in [0.25, 0.3) is 0 Å². The Morgan fingerprint density at radius 1 is 1.17 bits per heavy atom. The molecule has 2 aromatic rings. The van der Waals surface area contributed by atoms with E-state index in [0.717, 1.165) is 4.47 Å². The average Bonchev–Trinajstić information content (AvgIpc) is 2.47. The molecule has 0 aliphatic carbocycles. The molecule has 0 fully saturated rings. The summed E-state index contributed by atoms with van der Waals surface area (Å²) < 4.78 is 11.8. The minimum atomic E-state index is -0.852. The van der Waals surface area contributed by atoms with Crippen molar-refractivity contribution in [3.63, 3.8) is 0 Å². The van der Waals surface area contributed by atoms with Crippen LogP contribution >= 0.6 is 15.9 Å². The quantitative estimate of drug-likeness (QED) is 0.762. The van der Waals surface area contributed by atoms with Crippen molar-refractivity contribution in [2.75, 3.05) is 6.61 Å². The topological polar surface area (TPSA) is 55.8 Å². The first-order valence-electron chi connectivity index (χ1n) is 7.39. The first-order valence-corrected chi connectivity index (χ1v) is 8.18. The number of aliphatic hydroxyl groups excluding tert-OH is 1. The Morgan fingerprint density at radius 3 is 2.43 bits per heavy atom. The molecule has 2 rings (SSSR count). The predicted molar refractivity (Wildman–Crippen MR) is 91.7 cm³/mol. The second kappa shape index (κ2) is 8.13. The number of benzene rings is 2. The number of halogens is 1. The van der Waals surface area contributed by atoms with E-state index < -0.39 is 18.0 Å². The zero-order chi connectivity index (χ0) is 16.8. The van der Waals surface area contributed by atoms with Crippen LogP contribution in [0.4, 0.5) is 0 Å². The van der Waals surface area contributed by atoms with E-state index in [-0.39, 0.29) is 6.61 Å². The number of carbonyl (C=O) groups is 1. The van der Waals surface area contributed by atoms with E-state index in [1.807, 2.05) is 24.3 Å². The lowest BCUT2D eigenvalue weighted by molar-refractivity contribution is -0.147. The van der Waals surface area contributed by atoms with Crippen LogP contribution in [0.25, 0.3) is 0 Å². The summed E-state index contributed by atoms with van der Waals surface area (Å²) >= 11 is 3.39. The number of carbonyl (C=O) groups excluding carboxylic acids is 1. The van der Waals surface area contributed by atoms with Crippen molar-refractivity contribution in [2.24, 2.45) is 0 Å². The standard InChI is InChI=1S/C18H19BrO4/c1-3-22-18(21)17(12(2)20)13-6-4-8-15(10-13)23-16-9-5-7-14(19)11-16/h4-12,17,20H,3H2,1-2H3. The van der Waals surface area contributed by atoms with Gasteiger partial charge < -0.3 is 14.6 Å². The van der Waals surface area contributed by atoms with Crippen LogP contribution in [0, 0.1) is 0 Å². The fourth-order valence-corrected chi connectivity index (χ4v) is 2.66. The molecule has 0 saturated heterocycles. The van der Waals surface area contributed by atoms with E-state index in [2.05, 4.69) is 15.9 Å². The van der Waals surface area contributed by atoms with Crippen LogP contribution in [-0.2, 0) is 9.53 Å². The Bertz CT molecular complexity index is 670. The smallest absolute Gasteiger partial charge is 0.316 e. The van der Waals surface area contributed by atoms with Crippen molar-refractivity contribution >= 4 is 21.9 Å². The molecule has 0 heterocycles. The maximum absolute atomic E-state index is 12.1. The summed E-state index contributed by atoms with van der Waals surface area (Å²) in [5.41, 5.74) is 0.658. The van der Waals surface area contributed by atoms with Crippen LogP contribution in [0.2, 0.25) is 0 Å². The van der Waals surface area contributed by atoms with Crippen LogP contribution in [-0.4, -0.2) is 23.8 Å². The predicted octanol–water partition coefficient (Wildman–Crippen LogP) is 4.27. The summed E-state index contributed by atoms with van der Waals surface area (Å²) in [6.45, 7) is 3.59. The third-order valence-corrected chi connectivity index (χ3v) is 3.77. The van der Waals surface area contributed by atoms with E-state index in [1.54, 1.807) is 38.1 Å². The van der Waals surface area contributed by atoms with Gasteiger partial charge in [0, 0.05) is 4.47 Å². The number of hydrogen-bond acceptors (Lipinski definition) is 4. The molecule has 0 radical (unpaired) electrons. The molecule has 23 heavy (non-hydrogen) atoms. The van der Waals surface area contributed by atoms with E-state index >= 15 is 0 Å². The lowest BCUT2D eigenvalue weighted by Gasteiger charge is -2.19. The molecule has 0 amide bonds. The first kappa shape index (κ1) is 17.5. The van der Waals surface area contributed by atoms with Gasteiger partial charge >= 0.3 is 5.97 Å². The zero-order valence-corrected chi connectivity index (χ0v) is 14.6. The highest BCUT2D eigenvalue weighted by Gasteiger charge is 2.27. The Kier molecular flexibility index (Phi) is 6.19. The molecule has 4 nitrogen and oxygen atoms in total. The highest BCUT2D eigenvalue weighted by atomic mass is 79.9. The monoisotopic (exact) mass is 378 g/mol.